The van der Waals surface area contributed by atoms with Gasteiger partial charge in [-0.25, -0.2) is 4.57 Å². The highest BCUT2D eigenvalue weighted by Gasteiger charge is 2.23. The average Bonchev–Trinajstić information content (AvgIpc) is 3.61. The number of hydrogen-bond acceptors (Lipinski definition) is 5. The number of para-hydroxylation sites is 2. The first-order valence-electron chi connectivity index (χ1n) is 14.0. The summed E-state index contributed by atoms with van der Waals surface area (Å²) < 4.78 is 7.79. The molecule has 0 radical (unpaired) electrons. The highest BCUT2D eigenvalue weighted by Crippen LogP contribution is 2.41. The first-order valence-corrected chi connectivity index (χ1v) is 14.0. The van der Waals surface area contributed by atoms with Gasteiger partial charge < -0.3 is 21.5 Å². The van der Waals surface area contributed by atoms with Crippen LogP contribution >= 0.6 is 0 Å². The molecule has 0 aliphatic rings. The SMILES string of the molecule is Cn1nc(N=Nc2c(-c3ccccc3)n(C)c3ccccc23)[n+](C)c1N=Nc1c(-c2ccccc2)n(C)c2ccccc12.[Cl-]. The Morgan fingerprint density at radius 3 is 1.48 bits per heavy atom. The van der Waals surface area contributed by atoms with Crippen LogP contribution in [0.3, 0.4) is 0 Å². The van der Waals surface area contributed by atoms with Gasteiger partial charge in [0.15, 0.2) is 0 Å². The van der Waals surface area contributed by atoms with Crippen LogP contribution in [-0.4, -0.2) is 18.9 Å². The van der Waals surface area contributed by atoms with E-state index >= 15 is 0 Å². The third-order valence-corrected chi connectivity index (χ3v) is 7.86. The molecule has 44 heavy (non-hydrogen) atoms. The Balaban J connectivity index is 0.00000343. The Hall–Kier alpha value is -5.41. The minimum Gasteiger partial charge on any atom is -1.00 e. The quantitative estimate of drug-likeness (QED) is 0.186. The maximum atomic E-state index is 4.80. The molecule has 0 amide bonds. The monoisotopic (exact) mass is 599 g/mol. The Morgan fingerprint density at radius 1 is 0.545 bits per heavy atom. The van der Waals surface area contributed by atoms with E-state index in [1.165, 1.54) is 0 Å². The molecule has 10 heteroatoms. The van der Waals surface area contributed by atoms with Gasteiger partial charge in [0.05, 0.1) is 29.5 Å². The summed E-state index contributed by atoms with van der Waals surface area (Å²) in [4.78, 5) is 0. The van der Waals surface area contributed by atoms with Gasteiger partial charge in [-0.3, -0.25) is 0 Å². The summed E-state index contributed by atoms with van der Waals surface area (Å²) in [5.74, 6) is 0.965. The predicted octanol–water partition coefficient (Wildman–Crippen LogP) is 5.40. The molecule has 0 atom stereocenters. The van der Waals surface area contributed by atoms with Crippen molar-refractivity contribution in [1.82, 2.24) is 18.9 Å². The molecular weight excluding hydrogens is 570 g/mol. The lowest BCUT2D eigenvalue weighted by molar-refractivity contribution is -0.646. The standard InChI is InChI=1S/C34H30N9.ClH/c1-40-27-21-13-11-19-25(27)29(31(40)23-15-7-5-8-16-23)35-37-33-39-43(4)34(42(33)3)38-36-30-26-20-12-14-22-28(26)41(2)32(30)24-17-9-6-10-18-24;/h5-22H,1-4H3;1H/q+1;/p-1. The summed E-state index contributed by atoms with van der Waals surface area (Å²) in [6.07, 6.45) is 0. The molecule has 3 heterocycles. The minimum atomic E-state index is 0. The van der Waals surface area contributed by atoms with Crippen molar-refractivity contribution in [2.24, 2.45) is 48.6 Å². The zero-order valence-corrected chi connectivity index (χ0v) is 25.6. The summed E-state index contributed by atoms with van der Waals surface area (Å²) >= 11 is 0. The number of rotatable bonds is 6. The van der Waals surface area contributed by atoms with Crippen LogP contribution in [0.15, 0.2) is 130 Å². The number of fused-ring (bicyclic) bond motifs is 2. The Labute approximate surface area is 260 Å². The van der Waals surface area contributed by atoms with Crippen LogP contribution < -0.4 is 17.0 Å². The number of benzene rings is 4. The van der Waals surface area contributed by atoms with Crippen molar-refractivity contribution < 1.29 is 17.0 Å². The van der Waals surface area contributed by atoms with Gasteiger partial charge >= 0.3 is 11.9 Å². The van der Waals surface area contributed by atoms with E-state index < -0.39 is 0 Å². The molecule has 0 unspecified atom stereocenters. The maximum absolute atomic E-state index is 4.80. The number of aromatic nitrogens is 5. The van der Waals surface area contributed by atoms with Crippen LogP contribution in [0.1, 0.15) is 0 Å². The van der Waals surface area contributed by atoms with Gasteiger partial charge in [-0.1, -0.05) is 107 Å². The zero-order chi connectivity index (χ0) is 29.5. The first-order chi connectivity index (χ1) is 21.0. The van der Waals surface area contributed by atoms with Crippen molar-refractivity contribution in [3.63, 3.8) is 0 Å². The van der Waals surface area contributed by atoms with E-state index in [1.54, 1.807) is 9.25 Å². The van der Waals surface area contributed by atoms with Gasteiger partial charge in [-0.15, -0.1) is 4.68 Å². The lowest BCUT2D eigenvalue weighted by Crippen LogP contribution is -3.00. The van der Waals surface area contributed by atoms with E-state index in [-0.39, 0.29) is 12.4 Å². The molecule has 0 fully saturated rings. The molecule has 0 aliphatic carbocycles. The number of halogens is 1. The smallest absolute Gasteiger partial charge is 0.404 e. The van der Waals surface area contributed by atoms with Crippen LogP contribution in [0, 0.1) is 0 Å². The van der Waals surface area contributed by atoms with E-state index in [2.05, 4.69) is 87.1 Å². The van der Waals surface area contributed by atoms with Crippen LogP contribution in [0.2, 0.25) is 0 Å². The molecule has 7 aromatic rings. The van der Waals surface area contributed by atoms with E-state index in [1.807, 2.05) is 74.8 Å². The minimum absolute atomic E-state index is 0. The lowest BCUT2D eigenvalue weighted by Gasteiger charge is -2.04. The topological polar surface area (TPSA) is 81.0 Å². The molecule has 3 aromatic heterocycles. The second-order valence-electron chi connectivity index (χ2n) is 10.5. The highest BCUT2D eigenvalue weighted by molar-refractivity contribution is 6.01. The lowest BCUT2D eigenvalue weighted by atomic mass is 10.1. The number of aryl methyl sites for hydroxylation is 3. The molecule has 0 saturated carbocycles. The van der Waals surface area contributed by atoms with Crippen LogP contribution in [-0.2, 0) is 28.2 Å². The normalized spacial score (nSPS) is 11.7. The Kier molecular flexibility index (Phi) is 7.63. The Bertz CT molecular complexity index is 2170. The third kappa shape index (κ3) is 4.77. The molecule has 0 saturated heterocycles. The third-order valence-electron chi connectivity index (χ3n) is 7.86. The summed E-state index contributed by atoms with van der Waals surface area (Å²) in [7, 11) is 7.82. The molecule has 218 valence electrons. The molecule has 0 N–H and O–H groups in total. The van der Waals surface area contributed by atoms with E-state index in [0.717, 1.165) is 55.7 Å². The van der Waals surface area contributed by atoms with Crippen molar-refractivity contribution >= 4 is 45.1 Å². The number of nitrogens with zero attached hydrogens (tertiary/aromatic N) is 9. The van der Waals surface area contributed by atoms with Gasteiger partial charge in [0, 0.05) is 48.1 Å². The van der Waals surface area contributed by atoms with Gasteiger partial charge in [0.25, 0.3) is 0 Å². The van der Waals surface area contributed by atoms with Gasteiger partial charge in [0.1, 0.15) is 11.4 Å². The van der Waals surface area contributed by atoms with E-state index in [4.69, 9.17) is 10.2 Å². The number of hydrogen-bond donors (Lipinski definition) is 0. The summed E-state index contributed by atoms with van der Waals surface area (Å²) in [6, 6.07) is 37.0. The average molecular weight is 600 g/mol. The molecule has 0 aliphatic heterocycles. The summed E-state index contributed by atoms with van der Waals surface area (Å²) in [5.41, 5.74) is 7.90. The van der Waals surface area contributed by atoms with Crippen LogP contribution in [0.4, 0.5) is 23.3 Å². The van der Waals surface area contributed by atoms with Gasteiger partial charge in [-0.05, 0) is 22.4 Å². The fraction of sp³-hybridized carbons (Fsp3) is 0.118. The highest BCUT2D eigenvalue weighted by atomic mass is 35.5. The molecule has 4 aromatic carbocycles. The second-order valence-corrected chi connectivity index (χ2v) is 10.5. The maximum Gasteiger partial charge on any atom is 0.404 e. The van der Waals surface area contributed by atoms with E-state index in [9.17, 15) is 0 Å². The number of azo groups is 2. The van der Waals surface area contributed by atoms with Crippen molar-refractivity contribution in [1.29, 1.82) is 0 Å². The second kappa shape index (κ2) is 11.7. The van der Waals surface area contributed by atoms with Gasteiger partial charge in [0.2, 0.25) is 0 Å². The predicted molar refractivity (Wildman–Crippen MR) is 169 cm³/mol. The van der Waals surface area contributed by atoms with Crippen molar-refractivity contribution in [3.8, 4) is 22.5 Å². The summed E-state index contributed by atoms with van der Waals surface area (Å²) in [6.45, 7) is 0. The fourth-order valence-corrected chi connectivity index (χ4v) is 5.76. The van der Waals surface area contributed by atoms with Gasteiger partial charge in [-0.2, -0.15) is 0 Å². The summed E-state index contributed by atoms with van der Waals surface area (Å²) in [5, 5.41) is 25.6. The molecule has 0 spiro atoms. The zero-order valence-electron chi connectivity index (χ0n) is 24.8. The van der Waals surface area contributed by atoms with Crippen molar-refractivity contribution in [3.05, 3.63) is 109 Å². The van der Waals surface area contributed by atoms with E-state index in [0.29, 0.717) is 11.9 Å². The first kappa shape index (κ1) is 28.7. The van der Waals surface area contributed by atoms with Crippen LogP contribution in [0.25, 0.3) is 44.3 Å². The molecule has 9 nitrogen and oxygen atoms in total. The van der Waals surface area contributed by atoms with Crippen molar-refractivity contribution in [2.75, 3.05) is 0 Å². The largest absolute Gasteiger partial charge is 1.00 e. The molecule has 7 rings (SSSR count). The van der Waals surface area contributed by atoms with Crippen LogP contribution in [0.5, 0.6) is 0 Å². The van der Waals surface area contributed by atoms with Crippen molar-refractivity contribution in [2.45, 2.75) is 0 Å². The molecular formula is C34H30ClN9. The molecule has 0 bridgehead atoms. The fourth-order valence-electron chi connectivity index (χ4n) is 5.76. The Morgan fingerprint density at radius 2 is 0.977 bits per heavy atom.